The quantitative estimate of drug-likeness (QED) is 0.687. The molecule has 6 heteroatoms. The normalized spacial score (nSPS) is 14.4. The minimum atomic E-state index is -0.331. The number of para-hydroxylation sites is 1. The van der Waals surface area contributed by atoms with Crippen LogP contribution in [0.25, 0.3) is 0 Å². The van der Waals surface area contributed by atoms with Crippen LogP contribution in [-0.2, 0) is 4.79 Å². The highest BCUT2D eigenvalue weighted by atomic mass is 79.9. The third-order valence-electron chi connectivity index (χ3n) is 4.10. The number of hydrogen-bond donors (Lipinski definition) is 3. The maximum atomic E-state index is 12.2. The highest BCUT2D eigenvalue weighted by molar-refractivity contribution is 9.10. The molecule has 5 nitrogen and oxygen atoms in total. The van der Waals surface area contributed by atoms with Crippen molar-refractivity contribution in [3.63, 3.8) is 0 Å². The molecule has 1 fully saturated rings. The molecule has 3 amide bonds. The van der Waals surface area contributed by atoms with Gasteiger partial charge in [-0.25, -0.2) is 4.79 Å². The number of urea groups is 1. The summed E-state index contributed by atoms with van der Waals surface area (Å²) in [6.45, 7) is -0.0840. The van der Waals surface area contributed by atoms with Crippen molar-refractivity contribution in [1.82, 2.24) is 10.6 Å². The molecular formula is C19H20BrN3O2. The molecule has 1 aliphatic rings. The topological polar surface area (TPSA) is 70.2 Å². The first-order chi connectivity index (χ1) is 12.1. The van der Waals surface area contributed by atoms with E-state index in [0.29, 0.717) is 11.6 Å². The van der Waals surface area contributed by atoms with Crippen molar-refractivity contribution in [3.8, 4) is 0 Å². The number of carbonyl (C=O) groups is 2. The van der Waals surface area contributed by atoms with E-state index in [1.54, 1.807) is 6.07 Å². The number of rotatable bonds is 6. The molecule has 25 heavy (non-hydrogen) atoms. The minimum Gasteiger partial charge on any atom is -0.331 e. The Hall–Kier alpha value is -2.34. The average molecular weight is 402 g/mol. The molecule has 3 N–H and O–H groups in total. The summed E-state index contributed by atoms with van der Waals surface area (Å²) in [5.74, 6) is 0.201. The van der Waals surface area contributed by atoms with Crippen molar-refractivity contribution in [3.05, 3.63) is 64.6 Å². The molecule has 0 spiro atoms. The van der Waals surface area contributed by atoms with Crippen LogP contribution in [0, 0.1) is 5.92 Å². The molecule has 1 aliphatic carbocycles. The third kappa shape index (κ3) is 5.06. The van der Waals surface area contributed by atoms with Gasteiger partial charge in [-0.2, -0.15) is 0 Å². The van der Waals surface area contributed by atoms with E-state index in [-0.39, 0.29) is 24.5 Å². The Bertz CT molecular complexity index is 747. The Morgan fingerprint density at radius 2 is 1.72 bits per heavy atom. The maximum Gasteiger partial charge on any atom is 0.315 e. The van der Waals surface area contributed by atoms with Crippen LogP contribution in [0.15, 0.2) is 59.1 Å². The van der Waals surface area contributed by atoms with Crippen molar-refractivity contribution in [2.24, 2.45) is 5.92 Å². The first-order valence-electron chi connectivity index (χ1n) is 8.27. The van der Waals surface area contributed by atoms with Gasteiger partial charge in [0.05, 0.1) is 18.3 Å². The van der Waals surface area contributed by atoms with Gasteiger partial charge < -0.3 is 16.0 Å². The fourth-order valence-corrected chi connectivity index (χ4v) is 3.06. The van der Waals surface area contributed by atoms with Crippen molar-refractivity contribution >= 4 is 33.6 Å². The predicted octanol–water partition coefficient (Wildman–Crippen LogP) is 3.84. The SMILES string of the molecule is O=C(CNC(=O)NC(c1ccccc1)C1CC1)Nc1ccccc1Br. The second kappa shape index (κ2) is 8.16. The van der Waals surface area contributed by atoms with Crippen LogP contribution in [0.5, 0.6) is 0 Å². The Morgan fingerprint density at radius 3 is 2.40 bits per heavy atom. The van der Waals surface area contributed by atoms with E-state index in [4.69, 9.17) is 0 Å². The molecule has 0 heterocycles. The predicted molar refractivity (Wildman–Crippen MR) is 101 cm³/mol. The lowest BCUT2D eigenvalue weighted by Crippen LogP contribution is -2.42. The standard InChI is InChI=1S/C19H20BrN3O2/c20-15-8-4-5-9-16(15)22-17(24)12-21-19(25)23-18(14-10-11-14)13-6-2-1-3-7-13/h1-9,14,18H,10-12H2,(H,22,24)(H2,21,23,25). The molecule has 2 aromatic carbocycles. The Morgan fingerprint density at radius 1 is 1.04 bits per heavy atom. The van der Waals surface area contributed by atoms with E-state index in [1.807, 2.05) is 48.5 Å². The lowest BCUT2D eigenvalue weighted by molar-refractivity contribution is -0.115. The van der Waals surface area contributed by atoms with Gasteiger partial charge in [-0.1, -0.05) is 42.5 Å². The molecule has 0 saturated heterocycles. The van der Waals surface area contributed by atoms with Crippen LogP contribution in [0.1, 0.15) is 24.4 Å². The summed E-state index contributed by atoms with van der Waals surface area (Å²) in [6.07, 6.45) is 2.23. The number of benzene rings is 2. The number of anilines is 1. The van der Waals surface area contributed by atoms with Gasteiger partial charge in [0, 0.05) is 4.47 Å². The fourth-order valence-electron chi connectivity index (χ4n) is 2.67. The van der Waals surface area contributed by atoms with E-state index in [1.165, 1.54) is 0 Å². The molecular weight excluding hydrogens is 382 g/mol. The van der Waals surface area contributed by atoms with Gasteiger partial charge in [0.2, 0.25) is 5.91 Å². The van der Waals surface area contributed by atoms with Gasteiger partial charge in [0.1, 0.15) is 0 Å². The van der Waals surface area contributed by atoms with E-state index in [2.05, 4.69) is 31.9 Å². The summed E-state index contributed by atoms with van der Waals surface area (Å²) >= 11 is 3.37. The molecule has 1 unspecified atom stereocenters. The van der Waals surface area contributed by atoms with Crippen LogP contribution in [-0.4, -0.2) is 18.5 Å². The molecule has 0 aliphatic heterocycles. The third-order valence-corrected chi connectivity index (χ3v) is 4.79. The zero-order chi connectivity index (χ0) is 17.6. The first-order valence-corrected chi connectivity index (χ1v) is 9.06. The van der Waals surface area contributed by atoms with Crippen LogP contribution >= 0.6 is 15.9 Å². The minimum absolute atomic E-state index is 0.00692. The summed E-state index contributed by atoms with van der Waals surface area (Å²) in [7, 11) is 0. The number of carbonyl (C=O) groups excluding carboxylic acids is 2. The number of hydrogen-bond acceptors (Lipinski definition) is 2. The van der Waals surface area contributed by atoms with Crippen LogP contribution < -0.4 is 16.0 Å². The highest BCUT2D eigenvalue weighted by Crippen LogP contribution is 2.40. The number of amides is 3. The van der Waals surface area contributed by atoms with Crippen molar-refractivity contribution in [2.45, 2.75) is 18.9 Å². The molecule has 0 radical (unpaired) electrons. The average Bonchev–Trinajstić information content (AvgIpc) is 3.46. The maximum absolute atomic E-state index is 12.2. The number of halogens is 1. The molecule has 130 valence electrons. The van der Waals surface area contributed by atoms with Crippen molar-refractivity contribution in [1.29, 1.82) is 0 Å². The summed E-state index contributed by atoms with van der Waals surface area (Å²) < 4.78 is 0.797. The molecule has 1 atom stereocenters. The van der Waals surface area contributed by atoms with Gasteiger partial charge in [-0.15, -0.1) is 0 Å². The summed E-state index contributed by atoms with van der Waals surface area (Å²) in [5, 5.41) is 8.37. The summed E-state index contributed by atoms with van der Waals surface area (Å²) in [6, 6.07) is 16.9. The highest BCUT2D eigenvalue weighted by Gasteiger charge is 2.33. The molecule has 0 aromatic heterocycles. The van der Waals surface area contributed by atoms with Crippen LogP contribution in [0.3, 0.4) is 0 Å². The van der Waals surface area contributed by atoms with E-state index in [0.717, 1.165) is 22.9 Å². The van der Waals surface area contributed by atoms with Gasteiger partial charge in [0.15, 0.2) is 0 Å². The van der Waals surface area contributed by atoms with Gasteiger partial charge in [0.25, 0.3) is 0 Å². The largest absolute Gasteiger partial charge is 0.331 e. The Labute approximate surface area is 155 Å². The van der Waals surface area contributed by atoms with Gasteiger partial charge >= 0.3 is 6.03 Å². The van der Waals surface area contributed by atoms with Gasteiger partial charge in [-0.3, -0.25) is 4.79 Å². The molecule has 2 aromatic rings. The summed E-state index contributed by atoms with van der Waals surface area (Å²) in [5.41, 5.74) is 1.77. The molecule has 3 rings (SSSR count). The zero-order valence-corrected chi connectivity index (χ0v) is 15.3. The Balaban J connectivity index is 1.50. The molecule has 0 bridgehead atoms. The van der Waals surface area contributed by atoms with E-state index >= 15 is 0 Å². The lowest BCUT2D eigenvalue weighted by Gasteiger charge is -2.19. The number of nitrogens with one attached hydrogen (secondary N) is 3. The van der Waals surface area contributed by atoms with Gasteiger partial charge in [-0.05, 0) is 52.4 Å². The van der Waals surface area contributed by atoms with E-state index < -0.39 is 0 Å². The Kier molecular flexibility index (Phi) is 5.71. The smallest absolute Gasteiger partial charge is 0.315 e. The fraction of sp³-hybridized carbons (Fsp3) is 0.263. The second-order valence-corrected chi connectivity index (χ2v) is 6.94. The lowest BCUT2D eigenvalue weighted by atomic mass is 10.0. The summed E-state index contributed by atoms with van der Waals surface area (Å²) in [4.78, 5) is 24.2. The molecule has 1 saturated carbocycles. The zero-order valence-electron chi connectivity index (χ0n) is 13.7. The second-order valence-electron chi connectivity index (χ2n) is 6.08. The van der Waals surface area contributed by atoms with E-state index in [9.17, 15) is 9.59 Å². The first kappa shape index (κ1) is 17.5. The van der Waals surface area contributed by atoms with Crippen LogP contribution in [0.4, 0.5) is 10.5 Å². The van der Waals surface area contributed by atoms with Crippen molar-refractivity contribution in [2.75, 3.05) is 11.9 Å². The van der Waals surface area contributed by atoms with Crippen molar-refractivity contribution < 1.29 is 9.59 Å². The van der Waals surface area contributed by atoms with Crippen LogP contribution in [0.2, 0.25) is 0 Å². The monoisotopic (exact) mass is 401 g/mol.